The predicted octanol–water partition coefficient (Wildman–Crippen LogP) is 7.34. The average Bonchev–Trinajstić information content (AvgIpc) is 3.02. The van der Waals surface area contributed by atoms with Gasteiger partial charge in [-0.2, -0.15) is 0 Å². The third-order valence-corrected chi connectivity index (χ3v) is 9.35. The zero-order chi connectivity index (χ0) is 26.8. The molecule has 0 aromatic carbocycles. The van der Waals surface area contributed by atoms with E-state index in [-0.39, 0.29) is 30.2 Å². The van der Waals surface area contributed by atoms with Gasteiger partial charge in [0, 0.05) is 25.4 Å². The Kier molecular flexibility index (Phi) is 12.3. The van der Waals surface area contributed by atoms with Gasteiger partial charge in [-0.25, -0.2) is 0 Å². The van der Waals surface area contributed by atoms with Crippen LogP contribution < -0.4 is 0 Å². The third-order valence-electron chi connectivity index (χ3n) is 9.35. The van der Waals surface area contributed by atoms with Crippen molar-refractivity contribution in [3.05, 3.63) is 50.5 Å². The number of hydrogen-bond donors (Lipinski definition) is 0. The van der Waals surface area contributed by atoms with Gasteiger partial charge in [-0.1, -0.05) is 101 Å². The summed E-state index contributed by atoms with van der Waals surface area (Å²) < 4.78 is 13.2. The first-order chi connectivity index (χ1) is 18.8. The third kappa shape index (κ3) is 6.19. The number of allylic oxidation sites excluding steroid dienone is 2. The second-order valence-electron chi connectivity index (χ2n) is 11.2. The number of rotatable bonds is 8. The van der Waals surface area contributed by atoms with Crippen LogP contribution in [-0.4, -0.2) is 81.8 Å². The van der Waals surface area contributed by atoms with Crippen LogP contribution in [0.4, 0.5) is 0 Å². The van der Waals surface area contributed by atoms with Crippen molar-refractivity contribution in [2.75, 3.05) is 40.4 Å². The topological polar surface area (TPSA) is 89.0 Å². The Labute approximate surface area is 243 Å². The molecule has 38 heavy (non-hydrogen) atoms. The summed E-state index contributed by atoms with van der Waals surface area (Å²) in [6.45, 7) is 3.62. The van der Waals surface area contributed by atoms with Gasteiger partial charge in [0.25, 0.3) is 0 Å². The fourth-order valence-corrected chi connectivity index (χ4v) is 7.51. The van der Waals surface area contributed by atoms with Crippen molar-refractivity contribution in [2.45, 2.75) is 118 Å². The molecule has 9 heteroatoms. The van der Waals surface area contributed by atoms with Crippen molar-refractivity contribution in [3.63, 3.8) is 0 Å². The molecule has 0 bridgehead atoms. The summed E-state index contributed by atoms with van der Waals surface area (Å²) >= 11 is 2.41. The van der Waals surface area contributed by atoms with Crippen molar-refractivity contribution in [2.24, 2.45) is 0 Å². The van der Waals surface area contributed by atoms with Gasteiger partial charge < -0.3 is 36.1 Å². The summed E-state index contributed by atoms with van der Waals surface area (Å²) in [6.07, 6.45) is 20.2. The number of methoxy groups -OCH3 is 2. The maximum atomic E-state index is 6.59. The molecule has 4 fully saturated rings. The first kappa shape index (κ1) is 30.8. The van der Waals surface area contributed by atoms with E-state index in [2.05, 4.69) is 43.4 Å². The van der Waals surface area contributed by atoms with Crippen LogP contribution >= 0.6 is 10.1 Å². The molecule has 4 saturated heterocycles. The minimum atomic E-state index is -0.614. The molecule has 0 aliphatic carbocycles. The fraction of sp³-hybridized carbons (Fsp3) is 0.862. The molecule has 0 aromatic heterocycles. The number of piperidine rings is 4. The summed E-state index contributed by atoms with van der Waals surface area (Å²) in [4.78, 5) is 0. The quantitative estimate of drug-likeness (QED) is 0.278. The molecule has 0 aromatic rings. The van der Waals surface area contributed by atoms with Crippen LogP contribution in [-0.2, 0) is 24.6 Å². The Morgan fingerprint density at radius 2 is 1.13 bits per heavy atom. The van der Waals surface area contributed by atoms with Crippen molar-refractivity contribution < 1.29 is 24.6 Å². The van der Waals surface area contributed by atoms with E-state index in [0.29, 0.717) is 0 Å². The van der Waals surface area contributed by atoms with Gasteiger partial charge in [0.2, 0.25) is 0 Å². The molecule has 0 radical (unpaired) electrons. The van der Waals surface area contributed by atoms with E-state index in [4.69, 9.17) is 36.1 Å². The minimum absolute atomic E-state index is 0.0842. The van der Waals surface area contributed by atoms with Gasteiger partial charge in [0.15, 0.2) is 0 Å². The van der Waals surface area contributed by atoms with Crippen molar-refractivity contribution in [3.8, 4) is 0 Å². The normalized spacial score (nSPS) is 35.4. The van der Waals surface area contributed by atoms with Crippen LogP contribution in [0.1, 0.15) is 77.0 Å². The van der Waals surface area contributed by atoms with Gasteiger partial charge >= 0.3 is 25.2 Å². The SMILES string of the molecule is COC(C1=CC=CC(C(OC)(C2CCCC[N-]2)C2CCCC[N-]2)[N-]1)(C1CCCC[N-]1)C1CCCC[N-]1.[Cl][Mn+]. The molecular formula is C29H46ClMnN5O2-4. The van der Waals surface area contributed by atoms with E-state index in [1.165, 1.54) is 38.5 Å². The van der Waals surface area contributed by atoms with Gasteiger partial charge in [0.05, 0.1) is 0 Å². The standard InChI is InChI=1S/C29H46N5O2.ClH.Mn/c1-35-28(22-12-3-7-18-30-22,23-13-4-8-19-31-23)26-16-11-17-27(34-26)29(36-2,24-14-5-9-20-32-24)25-15-6-10-21-33-25;;/h11,16-17,22-26H,3-10,12-15,18-21H2,1-2H3;1H;/q-5;;+2/p-1. The van der Waals surface area contributed by atoms with Crippen LogP contribution in [0.2, 0.25) is 0 Å². The van der Waals surface area contributed by atoms with E-state index < -0.39 is 11.2 Å². The summed E-state index contributed by atoms with van der Waals surface area (Å²) in [7, 11) is 8.17. The Morgan fingerprint density at radius 3 is 1.50 bits per heavy atom. The van der Waals surface area contributed by atoms with Gasteiger partial charge in [-0.3, -0.25) is 0 Å². The first-order valence-corrected chi connectivity index (χ1v) is 16.4. The van der Waals surface area contributed by atoms with E-state index in [0.717, 1.165) is 70.4 Å². The van der Waals surface area contributed by atoms with E-state index in [1.54, 1.807) is 0 Å². The number of halogens is 1. The number of nitrogens with zero attached hydrogens (tertiary/aromatic N) is 5. The van der Waals surface area contributed by atoms with Crippen LogP contribution in [0.5, 0.6) is 0 Å². The van der Waals surface area contributed by atoms with Gasteiger partial charge in [-0.05, 0) is 0 Å². The van der Waals surface area contributed by atoms with Crippen molar-refractivity contribution >= 4 is 10.1 Å². The number of hydrogen-bond acceptors (Lipinski definition) is 2. The Bertz CT molecular complexity index is 724. The van der Waals surface area contributed by atoms with Crippen LogP contribution in [0.25, 0.3) is 26.6 Å². The first-order valence-electron chi connectivity index (χ1n) is 14.8. The Balaban J connectivity index is 0.00000164. The average molecular weight is 587 g/mol. The Hall–Kier alpha value is -0.151. The molecule has 217 valence electrons. The zero-order valence-corrected chi connectivity index (χ0v) is 25.2. The molecular weight excluding hydrogens is 541 g/mol. The van der Waals surface area contributed by atoms with Crippen molar-refractivity contribution in [1.29, 1.82) is 0 Å². The van der Waals surface area contributed by atoms with Gasteiger partial charge in [-0.15, -0.1) is 56.0 Å². The van der Waals surface area contributed by atoms with Crippen molar-refractivity contribution in [1.82, 2.24) is 0 Å². The molecule has 0 saturated carbocycles. The monoisotopic (exact) mass is 586 g/mol. The summed E-state index contributed by atoms with van der Waals surface area (Å²) in [5.74, 6) is 0. The predicted molar refractivity (Wildman–Crippen MR) is 153 cm³/mol. The molecule has 5 atom stereocenters. The molecule has 0 N–H and O–H groups in total. The van der Waals surface area contributed by atoms with Crippen LogP contribution in [0.15, 0.2) is 23.9 Å². The maximum absolute atomic E-state index is 6.59. The molecule has 5 heterocycles. The molecule has 5 aliphatic heterocycles. The molecule has 5 unspecified atom stereocenters. The zero-order valence-electron chi connectivity index (χ0n) is 23.2. The Morgan fingerprint density at radius 1 is 0.684 bits per heavy atom. The summed E-state index contributed by atoms with van der Waals surface area (Å²) in [5, 5.41) is 26.1. The molecule has 0 amide bonds. The summed E-state index contributed by atoms with van der Waals surface area (Å²) in [6, 6.07) is 0.234. The fourth-order valence-electron chi connectivity index (χ4n) is 7.51. The second-order valence-corrected chi connectivity index (χ2v) is 11.2. The second kappa shape index (κ2) is 15.2. The van der Waals surface area contributed by atoms with E-state index >= 15 is 0 Å². The van der Waals surface area contributed by atoms with Crippen LogP contribution in [0.3, 0.4) is 0 Å². The molecule has 5 rings (SSSR count). The summed E-state index contributed by atoms with van der Waals surface area (Å²) in [5.41, 5.74) is -0.169. The number of ether oxygens (including phenoxy) is 2. The molecule has 7 nitrogen and oxygen atoms in total. The van der Waals surface area contributed by atoms with Crippen LogP contribution in [0, 0.1) is 0 Å². The van der Waals surface area contributed by atoms with E-state index in [9.17, 15) is 0 Å². The van der Waals surface area contributed by atoms with E-state index in [1.807, 2.05) is 14.2 Å². The van der Waals surface area contributed by atoms with Gasteiger partial charge in [0.1, 0.15) is 0 Å². The molecule has 0 spiro atoms. The molecule has 5 aliphatic rings.